The minimum Gasteiger partial charge on any atom is -0.372 e. The van der Waals surface area contributed by atoms with Gasteiger partial charge in [-0.25, -0.2) is 0 Å². The van der Waals surface area contributed by atoms with Gasteiger partial charge in [-0.05, 0) is 37.5 Å². The first kappa shape index (κ1) is 9.58. The second-order valence-corrected chi connectivity index (χ2v) is 5.67. The van der Waals surface area contributed by atoms with Gasteiger partial charge in [-0.15, -0.1) is 5.10 Å². The molecule has 2 aliphatic carbocycles. The molecule has 1 aromatic rings. The molecule has 2 aliphatic rings. The Morgan fingerprint density at radius 2 is 2.13 bits per heavy atom. The molecule has 0 bridgehead atoms. The summed E-state index contributed by atoms with van der Waals surface area (Å²) in [6.07, 6.45) is 10.4. The summed E-state index contributed by atoms with van der Waals surface area (Å²) in [5.41, 5.74) is 0. The number of rotatable bonds is 3. The van der Waals surface area contributed by atoms with Crippen molar-refractivity contribution in [2.75, 3.05) is 5.32 Å². The van der Waals surface area contributed by atoms with Gasteiger partial charge >= 0.3 is 0 Å². The van der Waals surface area contributed by atoms with Crippen molar-refractivity contribution in [2.24, 2.45) is 11.8 Å². The molecule has 82 valence electrons. The third-order valence-corrected chi connectivity index (χ3v) is 4.31. The predicted octanol–water partition coefficient (Wildman–Crippen LogP) is 2.92. The molecule has 0 amide bonds. The van der Waals surface area contributed by atoms with E-state index in [-0.39, 0.29) is 0 Å². The van der Waals surface area contributed by atoms with Crippen LogP contribution in [-0.2, 0) is 0 Å². The minimum atomic E-state index is 0.673. The lowest BCUT2D eigenvalue weighted by molar-refractivity contribution is 0.303. The highest BCUT2D eigenvalue weighted by Gasteiger charge is 2.34. The highest BCUT2D eigenvalue weighted by Crippen LogP contribution is 2.44. The minimum absolute atomic E-state index is 0.673. The summed E-state index contributed by atoms with van der Waals surface area (Å²) < 4.78 is 3.88. The molecule has 2 unspecified atom stereocenters. The molecule has 4 heteroatoms. The van der Waals surface area contributed by atoms with Crippen molar-refractivity contribution in [3.05, 3.63) is 6.20 Å². The molecule has 1 N–H and O–H groups in total. The van der Waals surface area contributed by atoms with Crippen LogP contribution in [0.5, 0.6) is 0 Å². The first-order chi connectivity index (χ1) is 7.42. The van der Waals surface area contributed by atoms with E-state index in [0.29, 0.717) is 6.04 Å². The molecule has 0 spiro atoms. The van der Waals surface area contributed by atoms with Gasteiger partial charge in [0, 0.05) is 17.6 Å². The Bertz CT molecular complexity index is 308. The maximum absolute atomic E-state index is 3.88. The Hall–Kier alpha value is -0.640. The smallest absolute Gasteiger partial charge is 0.130 e. The molecule has 0 aliphatic heterocycles. The van der Waals surface area contributed by atoms with E-state index < -0.39 is 0 Å². The van der Waals surface area contributed by atoms with Gasteiger partial charge in [0.2, 0.25) is 0 Å². The molecule has 0 radical (unpaired) electrons. The molecule has 0 saturated heterocycles. The van der Waals surface area contributed by atoms with Crippen molar-refractivity contribution >= 4 is 16.5 Å². The van der Waals surface area contributed by atoms with Crippen molar-refractivity contribution < 1.29 is 0 Å². The van der Waals surface area contributed by atoms with Gasteiger partial charge < -0.3 is 5.32 Å². The lowest BCUT2D eigenvalue weighted by atomic mass is 9.83. The molecule has 3 rings (SSSR count). The quantitative estimate of drug-likeness (QED) is 0.856. The van der Waals surface area contributed by atoms with E-state index in [1.54, 1.807) is 0 Å². The van der Waals surface area contributed by atoms with Gasteiger partial charge in [0.15, 0.2) is 0 Å². The highest BCUT2D eigenvalue weighted by molar-refractivity contribution is 7.09. The number of nitrogens with one attached hydrogen (secondary N) is 1. The fourth-order valence-electron chi connectivity index (χ4n) is 2.79. The lowest BCUT2D eigenvalue weighted by Crippen LogP contribution is -2.27. The number of hydrogen-bond acceptors (Lipinski definition) is 4. The second kappa shape index (κ2) is 4.08. The fraction of sp³-hybridized carbons (Fsp3) is 0.818. The van der Waals surface area contributed by atoms with Crippen LogP contribution in [0.25, 0.3) is 0 Å². The topological polar surface area (TPSA) is 37.8 Å². The summed E-state index contributed by atoms with van der Waals surface area (Å²) in [4.78, 5) is 0. The van der Waals surface area contributed by atoms with Crippen LogP contribution >= 0.6 is 11.5 Å². The summed E-state index contributed by atoms with van der Waals surface area (Å²) in [5.74, 6) is 2.06. The van der Waals surface area contributed by atoms with E-state index in [2.05, 4.69) is 14.9 Å². The van der Waals surface area contributed by atoms with Gasteiger partial charge in [0.1, 0.15) is 5.00 Å². The van der Waals surface area contributed by atoms with Crippen molar-refractivity contribution in [3.63, 3.8) is 0 Å². The lowest BCUT2D eigenvalue weighted by Gasteiger charge is -2.29. The monoisotopic (exact) mass is 223 g/mol. The van der Waals surface area contributed by atoms with Crippen LogP contribution in [0.15, 0.2) is 6.20 Å². The van der Waals surface area contributed by atoms with E-state index >= 15 is 0 Å². The molecule has 1 heterocycles. The highest BCUT2D eigenvalue weighted by atomic mass is 32.1. The number of hydrogen-bond donors (Lipinski definition) is 1. The molecule has 3 nitrogen and oxygen atoms in total. The van der Waals surface area contributed by atoms with Gasteiger partial charge in [-0.1, -0.05) is 17.3 Å². The van der Waals surface area contributed by atoms with E-state index in [0.717, 1.165) is 16.8 Å². The van der Waals surface area contributed by atoms with Crippen molar-refractivity contribution in [1.29, 1.82) is 0 Å². The standard InChI is InChI=1S/C11H17N3S/c1-2-9(8-4-5-8)6-10(3-1)13-11-7-12-14-15-11/h7-10,13H,1-6H2. The summed E-state index contributed by atoms with van der Waals surface area (Å²) in [6, 6.07) is 0.673. The zero-order valence-electron chi connectivity index (χ0n) is 8.85. The Labute approximate surface area is 94.4 Å². The molecule has 2 atom stereocenters. The summed E-state index contributed by atoms with van der Waals surface area (Å²) in [6.45, 7) is 0. The van der Waals surface area contributed by atoms with Crippen LogP contribution in [0, 0.1) is 11.8 Å². The molecule has 15 heavy (non-hydrogen) atoms. The molecule has 2 fully saturated rings. The SMILES string of the molecule is c1nnsc1NC1CCCC(C2CC2)C1. The zero-order valence-corrected chi connectivity index (χ0v) is 9.67. The maximum atomic E-state index is 3.88. The maximum Gasteiger partial charge on any atom is 0.130 e. The molecule has 0 aromatic carbocycles. The van der Waals surface area contributed by atoms with Crippen LogP contribution in [0.2, 0.25) is 0 Å². The first-order valence-corrected chi connectivity index (χ1v) is 6.73. The van der Waals surface area contributed by atoms with Gasteiger partial charge in [-0.2, -0.15) is 0 Å². The van der Waals surface area contributed by atoms with Crippen LogP contribution in [0.4, 0.5) is 5.00 Å². The number of aromatic nitrogens is 2. The summed E-state index contributed by atoms with van der Waals surface area (Å²) in [5, 5.41) is 8.56. The van der Waals surface area contributed by atoms with Crippen molar-refractivity contribution in [1.82, 2.24) is 9.59 Å². The second-order valence-electron chi connectivity index (χ2n) is 4.89. The van der Waals surface area contributed by atoms with E-state index in [4.69, 9.17) is 0 Å². The Morgan fingerprint density at radius 3 is 2.87 bits per heavy atom. The number of anilines is 1. The van der Waals surface area contributed by atoms with Crippen molar-refractivity contribution in [3.8, 4) is 0 Å². The third kappa shape index (κ3) is 2.30. The van der Waals surface area contributed by atoms with E-state index in [1.165, 1.54) is 50.1 Å². The van der Waals surface area contributed by atoms with E-state index in [9.17, 15) is 0 Å². The van der Waals surface area contributed by atoms with Crippen molar-refractivity contribution in [2.45, 2.75) is 44.6 Å². The molecular weight excluding hydrogens is 206 g/mol. The Morgan fingerprint density at radius 1 is 1.20 bits per heavy atom. The Balaban J connectivity index is 1.56. The zero-order chi connectivity index (χ0) is 10.1. The summed E-state index contributed by atoms with van der Waals surface area (Å²) >= 11 is 1.47. The third-order valence-electron chi connectivity index (χ3n) is 3.71. The average molecular weight is 223 g/mol. The van der Waals surface area contributed by atoms with Crippen LogP contribution in [0.3, 0.4) is 0 Å². The molecular formula is C11H17N3S. The number of nitrogens with zero attached hydrogens (tertiary/aromatic N) is 2. The van der Waals surface area contributed by atoms with E-state index in [1.807, 2.05) is 6.20 Å². The first-order valence-electron chi connectivity index (χ1n) is 5.96. The largest absolute Gasteiger partial charge is 0.372 e. The van der Waals surface area contributed by atoms with Crippen LogP contribution in [-0.4, -0.2) is 15.6 Å². The van der Waals surface area contributed by atoms with Crippen LogP contribution in [0.1, 0.15) is 38.5 Å². The van der Waals surface area contributed by atoms with Crippen LogP contribution < -0.4 is 5.32 Å². The Kier molecular flexibility index (Phi) is 2.61. The molecule has 2 saturated carbocycles. The van der Waals surface area contributed by atoms with Gasteiger partial charge in [-0.3, -0.25) is 0 Å². The summed E-state index contributed by atoms with van der Waals surface area (Å²) in [7, 11) is 0. The molecule has 1 aromatic heterocycles. The van der Waals surface area contributed by atoms with Gasteiger partial charge in [0.25, 0.3) is 0 Å². The van der Waals surface area contributed by atoms with Gasteiger partial charge in [0.05, 0.1) is 6.20 Å². The fourth-order valence-corrected chi connectivity index (χ4v) is 3.28. The predicted molar refractivity (Wildman–Crippen MR) is 62.0 cm³/mol. The average Bonchev–Trinajstić information content (AvgIpc) is 3.00. The normalized spacial score (nSPS) is 31.5.